The van der Waals surface area contributed by atoms with Crippen LogP contribution in [0.4, 0.5) is 0 Å². The van der Waals surface area contributed by atoms with Crippen LogP contribution < -0.4 is 15.0 Å². The second-order valence-electron chi connectivity index (χ2n) is 5.20. The first-order chi connectivity index (χ1) is 9.11. The van der Waals surface area contributed by atoms with Gasteiger partial charge in [-0.15, -0.1) is 0 Å². The van der Waals surface area contributed by atoms with Gasteiger partial charge in [-0.3, -0.25) is 0 Å². The molecule has 0 aromatic heterocycles. The van der Waals surface area contributed by atoms with E-state index >= 15 is 0 Å². The maximum atomic E-state index is 6.48. The maximum absolute atomic E-state index is 6.48. The topological polar surface area (TPSA) is 39.7 Å². The van der Waals surface area contributed by atoms with E-state index < -0.39 is 0 Å². The van der Waals surface area contributed by atoms with Crippen LogP contribution in [0.1, 0.15) is 30.5 Å². The minimum Gasteiger partial charge on any atom is -0.490 e. The van der Waals surface area contributed by atoms with E-state index in [1.165, 1.54) is 0 Å². The summed E-state index contributed by atoms with van der Waals surface area (Å²) in [7, 11) is 1.61. The predicted molar refractivity (Wildman–Crippen MR) is 72.9 cm³/mol. The van der Waals surface area contributed by atoms with Crippen LogP contribution in [0.2, 0.25) is 5.02 Å². The van der Waals surface area contributed by atoms with Crippen molar-refractivity contribution in [3.8, 4) is 11.5 Å². The van der Waals surface area contributed by atoms with Crippen molar-refractivity contribution in [3.63, 3.8) is 0 Å². The summed E-state index contributed by atoms with van der Waals surface area (Å²) in [6.07, 6.45) is 2.02. The molecule has 2 heterocycles. The van der Waals surface area contributed by atoms with Gasteiger partial charge in [0, 0.05) is 29.5 Å². The van der Waals surface area contributed by atoms with Gasteiger partial charge in [-0.2, -0.15) is 5.48 Å². The van der Waals surface area contributed by atoms with Gasteiger partial charge in [0.2, 0.25) is 0 Å². The lowest BCUT2D eigenvalue weighted by molar-refractivity contribution is 0.0856. The third kappa shape index (κ3) is 2.08. The molecule has 0 bridgehead atoms. The van der Waals surface area contributed by atoms with E-state index in [0.29, 0.717) is 6.54 Å². The third-order valence-corrected chi connectivity index (χ3v) is 4.07. The highest BCUT2D eigenvalue weighted by Crippen LogP contribution is 2.49. The molecule has 5 heteroatoms. The molecule has 3 rings (SSSR count). The lowest BCUT2D eigenvalue weighted by Gasteiger charge is -2.15. The maximum Gasteiger partial charge on any atom is 0.142 e. The third-order valence-electron chi connectivity index (χ3n) is 3.67. The smallest absolute Gasteiger partial charge is 0.142 e. The quantitative estimate of drug-likeness (QED) is 0.866. The van der Waals surface area contributed by atoms with Crippen LogP contribution in [-0.4, -0.2) is 19.3 Å². The fourth-order valence-electron chi connectivity index (χ4n) is 2.88. The van der Waals surface area contributed by atoms with Crippen molar-refractivity contribution in [2.45, 2.75) is 45.4 Å². The van der Waals surface area contributed by atoms with Gasteiger partial charge in [-0.25, -0.2) is 0 Å². The first-order valence-electron chi connectivity index (χ1n) is 6.57. The van der Waals surface area contributed by atoms with Crippen molar-refractivity contribution in [2.75, 3.05) is 7.11 Å². The molecule has 2 aliphatic heterocycles. The van der Waals surface area contributed by atoms with Crippen molar-refractivity contribution < 1.29 is 14.3 Å². The van der Waals surface area contributed by atoms with Gasteiger partial charge in [-0.05, 0) is 13.8 Å². The molecule has 1 aromatic carbocycles. The Morgan fingerprint density at radius 3 is 2.47 bits per heavy atom. The molecular formula is C14H18ClNO3. The Labute approximate surface area is 117 Å². The fraction of sp³-hybridized carbons (Fsp3) is 0.571. The number of nitrogens with one attached hydrogen (secondary N) is 1. The van der Waals surface area contributed by atoms with E-state index in [-0.39, 0.29) is 12.2 Å². The van der Waals surface area contributed by atoms with Crippen molar-refractivity contribution in [2.24, 2.45) is 0 Å². The molecule has 1 aromatic rings. The van der Waals surface area contributed by atoms with Crippen LogP contribution in [-0.2, 0) is 24.2 Å². The molecule has 0 fully saturated rings. The highest BCUT2D eigenvalue weighted by atomic mass is 35.5. The zero-order valence-corrected chi connectivity index (χ0v) is 12.1. The van der Waals surface area contributed by atoms with Crippen molar-refractivity contribution in [3.05, 3.63) is 21.7 Å². The predicted octanol–water partition coefficient (Wildman–Crippen LogP) is 2.64. The van der Waals surface area contributed by atoms with Gasteiger partial charge in [0.15, 0.2) is 0 Å². The first-order valence-corrected chi connectivity index (χ1v) is 6.94. The number of halogens is 1. The van der Waals surface area contributed by atoms with Crippen LogP contribution in [0, 0.1) is 0 Å². The number of fused-ring (bicyclic) bond motifs is 2. The SMILES string of the molecule is CONCc1c2c(c(Cl)c3c1OC(C)C3)OC(C)C2. The average Bonchev–Trinajstić information content (AvgIpc) is 2.93. The lowest BCUT2D eigenvalue weighted by atomic mass is 9.98. The minimum atomic E-state index is 0.161. The highest BCUT2D eigenvalue weighted by Gasteiger charge is 2.34. The molecule has 2 unspecified atom stereocenters. The monoisotopic (exact) mass is 283 g/mol. The molecule has 0 saturated heterocycles. The van der Waals surface area contributed by atoms with Gasteiger partial charge in [-0.1, -0.05) is 11.6 Å². The zero-order chi connectivity index (χ0) is 13.6. The normalized spacial score (nSPS) is 23.8. The zero-order valence-electron chi connectivity index (χ0n) is 11.4. The molecule has 1 N–H and O–H groups in total. The lowest BCUT2D eigenvalue weighted by Crippen LogP contribution is -2.14. The Balaban J connectivity index is 2.12. The summed E-state index contributed by atoms with van der Waals surface area (Å²) < 4.78 is 11.8. The summed E-state index contributed by atoms with van der Waals surface area (Å²) in [5, 5.41) is 0.722. The number of ether oxygens (including phenoxy) is 2. The Bertz CT molecular complexity index is 479. The van der Waals surface area contributed by atoms with Crippen molar-refractivity contribution in [1.82, 2.24) is 5.48 Å². The van der Waals surface area contributed by atoms with Crippen LogP contribution in [0.25, 0.3) is 0 Å². The number of hydroxylamine groups is 1. The number of rotatable bonds is 3. The molecule has 0 aliphatic carbocycles. The van der Waals surface area contributed by atoms with Gasteiger partial charge < -0.3 is 14.3 Å². The molecule has 0 spiro atoms. The molecular weight excluding hydrogens is 266 g/mol. The molecule has 104 valence electrons. The van der Waals surface area contributed by atoms with Crippen molar-refractivity contribution in [1.29, 1.82) is 0 Å². The molecule has 19 heavy (non-hydrogen) atoms. The van der Waals surface area contributed by atoms with Gasteiger partial charge >= 0.3 is 0 Å². The molecule has 0 saturated carbocycles. The van der Waals surface area contributed by atoms with Crippen LogP contribution >= 0.6 is 11.6 Å². The summed E-state index contributed by atoms with van der Waals surface area (Å²) in [5.74, 6) is 1.75. The van der Waals surface area contributed by atoms with E-state index in [0.717, 1.165) is 46.1 Å². The molecule has 2 aliphatic rings. The van der Waals surface area contributed by atoms with E-state index in [1.54, 1.807) is 7.11 Å². The van der Waals surface area contributed by atoms with E-state index in [1.807, 2.05) is 0 Å². The number of hydrogen-bond donors (Lipinski definition) is 1. The Hall–Kier alpha value is -0.970. The van der Waals surface area contributed by atoms with Crippen LogP contribution in [0.5, 0.6) is 11.5 Å². The average molecular weight is 284 g/mol. The molecule has 2 atom stereocenters. The van der Waals surface area contributed by atoms with Crippen LogP contribution in [0.15, 0.2) is 0 Å². The van der Waals surface area contributed by atoms with E-state index in [9.17, 15) is 0 Å². The van der Waals surface area contributed by atoms with Crippen LogP contribution in [0.3, 0.4) is 0 Å². The second-order valence-corrected chi connectivity index (χ2v) is 5.58. The summed E-state index contributed by atoms with van der Waals surface area (Å²) >= 11 is 6.48. The highest BCUT2D eigenvalue weighted by molar-refractivity contribution is 6.33. The largest absolute Gasteiger partial charge is 0.490 e. The van der Waals surface area contributed by atoms with Crippen molar-refractivity contribution >= 4 is 11.6 Å². The summed E-state index contributed by atoms with van der Waals surface area (Å²) in [4.78, 5) is 4.97. The number of hydrogen-bond acceptors (Lipinski definition) is 4. The summed E-state index contributed by atoms with van der Waals surface area (Å²) in [6.45, 7) is 4.71. The molecule has 0 radical (unpaired) electrons. The Morgan fingerprint density at radius 1 is 1.16 bits per heavy atom. The van der Waals surface area contributed by atoms with E-state index in [4.69, 9.17) is 25.9 Å². The number of benzene rings is 1. The van der Waals surface area contributed by atoms with Gasteiger partial charge in [0.05, 0.1) is 18.7 Å². The molecule has 0 amide bonds. The van der Waals surface area contributed by atoms with Gasteiger partial charge in [0.25, 0.3) is 0 Å². The fourth-order valence-corrected chi connectivity index (χ4v) is 3.20. The summed E-state index contributed by atoms with van der Waals surface area (Å²) in [6, 6.07) is 0. The van der Waals surface area contributed by atoms with E-state index in [2.05, 4.69) is 19.3 Å². The standard InChI is InChI=1S/C14H18ClNO3/c1-7-4-9-11(6-16-17-3)13-10(5-8(2)18-13)12(15)14(9)19-7/h7-8,16H,4-6H2,1-3H3. The van der Waals surface area contributed by atoms with Gasteiger partial charge in [0.1, 0.15) is 23.7 Å². The first kappa shape index (κ1) is 13.0. The Kier molecular flexibility index (Phi) is 3.33. The minimum absolute atomic E-state index is 0.161. The summed E-state index contributed by atoms with van der Waals surface area (Å²) in [5.41, 5.74) is 6.22. The molecule has 4 nitrogen and oxygen atoms in total. The Morgan fingerprint density at radius 2 is 1.79 bits per heavy atom. The second kappa shape index (κ2) is 4.85.